The number of ether oxygens (including phenoxy) is 7. The largest absolute Gasteiger partial charge is 0.394 e. The Labute approximate surface area is 254 Å². The number of hydrogen-bond donors (Lipinski definition) is 14. The Kier molecular flexibility index (Phi) is 12.8. The first-order valence-corrected chi connectivity index (χ1v) is 14.1. The lowest BCUT2D eigenvalue weighted by Gasteiger charge is -2.49. The van der Waals surface area contributed by atoms with Crippen LogP contribution in [0.25, 0.3) is 0 Å². The van der Waals surface area contributed by atoms with Crippen molar-refractivity contribution in [3.63, 3.8) is 0 Å². The van der Waals surface area contributed by atoms with E-state index < -0.39 is 149 Å². The Morgan fingerprint density at radius 3 is 1.24 bits per heavy atom. The van der Waals surface area contributed by atoms with Crippen LogP contribution in [-0.4, -0.2) is 221 Å². The van der Waals surface area contributed by atoms with Crippen LogP contribution in [0.5, 0.6) is 0 Å². The molecule has 4 fully saturated rings. The van der Waals surface area contributed by atoms with E-state index in [1.807, 2.05) is 0 Å². The first kappa shape index (κ1) is 37.0. The summed E-state index contributed by atoms with van der Waals surface area (Å²) >= 11 is 0. The second-order valence-corrected chi connectivity index (χ2v) is 11.1. The minimum atomic E-state index is -2.07. The Bertz CT molecular complexity index is 916. The third-order valence-corrected chi connectivity index (χ3v) is 8.21. The zero-order valence-electron chi connectivity index (χ0n) is 23.5. The van der Waals surface area contributed by atoms with Gasteiger partial charge >= 0.3 is 0 Å². The normalized spacial score (nSPS) is 52.9. The van der Waals surface area contributed by atoms with E-state index in [0.29, 0.717) is 0 Å². The van der Waals surface area contributed by atoms with Crippen LogP contribution in [0.3, 0.4) is 0 Å². The summed E-state index contributed by atoms with van der Waals surface area (Å²) in [5, 5.41) is 143. The molecule has 4 aliphatic rings. The molecule has 14 N–H and O–H groups in total. The topological polar surface area (TPSA) is 348 Å². The van der Waals surface area contributed by atoms with E-state index in [2.05, 4.69) is 0 Å². The standard InChI is InChI=1S/C24H42O21/c25-1-5-10(30)14(34)19(21(38)39-5)44-24-20(15(35)11(31)7(3-27)42-24)45-23-17(37)18(12(32)8(4-28)41-23)43-22-16(36)13(33)9(29)6(2-26)40-22/h5-38H,1-4H2/t5-,6-,7-,8-,9-,10-,11-,12-,13+,14+,15+,16+,17+,18+,19+,20+,21+,22-,23-,24-/m0/s1. The number of rotatable bonds is 10. The molecule has 4 heterocycles. The van der Waals surface area contributed by atoms with Crippen molar-refractivity contribution in [2.75, 3.05) is 26.4 Å². The van der Waals surface area contributed by atoms with Crippen LogP contribution in [0.15, 0.2) is 0 Å². The molecule has 4 saturated heterocycles. The van der Waals surface area contributed by atoms with Crippen LogP contribution in [0.4, 0.5) is 0 Å². The first-order valence-electron chi connectivity index (χ1n) is 14.1. The van der Waals surface area contributed by atoms with Crippen LogP contribution in [0.2, 0.25) is 0 Å². The molecule has 21 nitrogen and oxygen atoms in total. The predicted octanol–water partition coefficient (Wildman–Crippen LogP) is -9.75. The molecular formula is C24H42O21. The number of aliphatic hydroxyl groups excluding tert-OH is 14. The summed E-state index contributed by atoms with van der Waals surface area (Å²) in [5.41, 5.74) is 0. The molecule has 20 atom stereocenters. The molecule has 0 bridgehead atoms. The van der Waals surface area contributed by atoms with Crippen molar-refractivity contribution in [1.29, 1.82) is 0 Å². The minimum Gasteiger partial charge on any atom is -0.394 e. The van der Waals surface area contributed by atoms with Crippen molar-refractivity contribution in [1.82, 2.24) is 0 Å². The third-order valence-electron chi connectivity index (χ3n) is 8.21. The molecule has 0 unspecified atom stereocenters. The van der Waals surface area contributed by atoms with Crippen molar-refractivity contribution in [3.05, 3.63) is 0 Å². The van der Waals surface area contributed by atoms with Crippen LogP contribution in [0.1, 0.15) is 0 Å². The molecule has 45 heavy (non-hydrogen) atoms. The zero-order valence-corrected chi connectivity index (χ0v) is 23.5. The molecule has 0 spiro atoms. The van der Waals surface area contributed by atoms with Gasteiger partial charge in [0.25, 0.3) is 0 Å². The predicted molar refractivity (Wildman–Crippen MR) is 134 cm³/mol. The fraction of sp³-hybridized carbons (Fsp3) is 1.00. The van der Waals surface area contributed by atoms with Crippen molar-refractivity contribution in [2.24, 2.45) is 0 Å². The molecule has 0 aromatic heterocycles. The van der Waals surface area contributed by atoms with E-state index in [9.17, 15) is 71.5 Å². The van der Waals surface area contributed by atoms with Gasteiger partial charge in [-0.05, 0) is 0 Å². The lowest BCUT2D eigenvalue weighted by atomic mass is 9.96. The molecule has 0 aromatic carbocycles. The Morgan fingerprint density at radius 1 is 0.333 bits per heavy atom. The van der Waals surface area contributed by atoms with Gasteiger partial charge in [-0.15, -0.1) is 0 Å². The van der Waals surface area contributed by atoms with E-state index in [1.54, 1.807) is 0 Å². The van der Waals surface area contributed by atoms with E-state index >= 15 is 0 Å². The summed E-state index contributed by atoms with van der Waals surface area (Å²) in [6, 6.07) is 0. The monoisotopic (exact) mass is 666 g/mol. The minimum absolute atomic E-state index is 0.785. The molecule has 4 rings (SSSR count). The Balaban J connectivity index is 1.56. The molecule has 0 saturated carbocycles. The molecule has 21 heteroatoms. The van der Waals surface area contributed by atoms with Crippen LogP contribution in [0, 0.1) is 0 Å². The maximum atomic E-state index is 11.1. The van der Waals surface area contributed by atoms with E-state index in [-0.39, 0.29) is 0 Å². The van der Waals surface area contributed by atoms with Crippen molar-refractivity contribution in [3.8, 4) is 0 Å². The quantitative estimate of drug-likeness (QED) is 0.103. The number of hydrogen-bond acceptors (Lipinski definition) is 21. The third kappa shape index (κ3) is 7.44. The highest BCUT2D eigenvalue weighted by Crippen LogP contribution is 2.34. The SMILES string of the molecule is OC[C@@H]1O[C@@H](O[C@@H]2[C@@H](O)[C@H](CO)O[C@@H](O[C@H]3[C@H](O[C@@H]4[C@H](O)[C@@H](O)[C@H](CO)O[C@H]4O)O[C@@H](CO)[C@H](O)[C@H]3O)[C@@H]2O)[C@H](O)[C@H](O)[C@H]1O. The second-order valence-electron chi connectivity index (χ2n) is 11.1. The summed E-state index contributed by atoms with van der Waals surface area (Å²) in [6.45, 7) is -3.39. The number of aliphatic hydroxyl groups is 14. The van der Waals surface area contributed by atoms with E-state index in [4.69, 9.17) is 33.2 Å². The van der Waals surface area contributed by atoms with Crippen LogP contribution in [-0.2, 0) is 33.2 Å². The maximum Gasteiger partial charge on any atom is 0.187 e. The van der Waals surface area contributed by atoms with Gasteiger partial charge in [-0.3, -0.25) is 0 Å². The highest BCUT2D eigenvalue weighted by molar-refractivity contribution is 4.97. The highest BCUT2D eigenvalue weighted by atomic mass is 16.8. The van der Waals surface area contributed by atoms with E-state index in [1.165, 1.54) is 0 Å². The molecule has 4 aliphatic heterocycles. The average molecular weight is 667 g/mol. The summed E-state index contributed by atoms with van der Waals surface area (Å²) < 4.78 is 37.9. The van der Waals surface area contributed by atoms with Crippen LogP contribution >= 0.6 is 0 Å². The molecular weight excluding hydrogens is 624 g/mol. The zero-order chi connectivity index (χ0) is 33.3. The Morgan fingerprint density at radius 2 is 0.711 bits per heavy atom. The van der Waals surface area contributed by atoms with Gasteiger partial charge in [-0.25, -0.2) is 0 Å². The van der Waals surface area contributed by atoms with Gasteiger partial charge in [0, 0.05) is 0 Å². The van der Waals surface area contributed by atoms with Crippen molar-refractivity contribution >= 4 is 0 Å². The fourth-order valence-corrected chi connectivity index (χ4v) is 5.50. The summed E-state index contributed by atoms with van der Waals surface area (Å²) in [7, 11) is 0. The summed E-state index contributed by atoms with van der Waals surface area (Å²) in [5.74, 6) is 0. The van der Waals surface area contributed by atoms with Gasteiger partial charge in [-0.2, -0.15) is 0 Å². The molecule has 0 aromatic rings. The van der Waals surface area contributed by atoms with Gasteiger partial charge in [0.1, 0.15) is 97.7 Å². The molecule has 0 amide bonds. The average Bonchev–Trinajstić information content (AvgIpc) is 3.03. The second kappa shape index (κ2) is 15.6. The summed E-state index contributed by atoms with van der Waals surface area (Å²) in [6.07, 6.45) is -36.3. The van der Waals surface area contributed by atoms with Gasteiger partial charge in [0.15, 0.2) is 25.2 Å². The van der Waals surface area contributed by atoms with Gasteiger partial charge < -0.3 is 105 Å². The molecule has 264 valence electrons. The van der Waals surface area contributed by atoms with Crippen molar-refractivity contribution in [2.45, 2.75) is 123 Å². The lowest BCUT2D eigenvalue weighted by molar-refractivity contribution is -0.399. The maximum absolute atomic E-state index is 11.1. The summed E-state index contributed by atoms with van der Waals surface area (Å²) in [4.78, 5) is 0. The van der Waals surface area contributed by atoms with Gasteiger partial charge in [0.05, 0.1) is 26.4 Å². The fourth-order valence-electron chi connectivity index (χ4n) is 5.50. The van der Waals surface area contributed by atoms with E-state index in [0.717, 1.165) is 0 Å². The molecule has 0 radical (unpaired) electrons. The highest BCUT2D eigenvalue weighted by Gasteiger charge is 2.55. The smallest absolute Gasteiger partial charge is 0.187 e. The Hall–Kier alpha value is -0.840. The van der Waals surface area contributed by atoms with Gasteiger partial charge in [0.2, 0.25) is 0 Å². The van der Waals surface area contributed by atoms with Crippen molar-refractivity contribution < 1.29 is 105 Å². The molecule has 0 aliphatic carbocycles. The van der Waals surface area contributed by atoms with Crippen LogP contribution < -0.4 is 0 Å². The first-order chi connectivity index (χ1) is 21.3. The van der Waals surface area contributed by atoms with Gasteiger partial charge in [-0.1, -0.05) is 0 Å². The lowest BCUT2D eigenvalue weighted by Crippen LogP contribution is -2.67.